The standard InChI is InChI=1S/C3H6N4S/c1-6-2-3-8-7(6)5-4/h2-4H,1H3/p+1. The van der Waals surface area contributed by atoms with Crippen LogP contribution in [0.2, 0.25) is 0 Å². The van der Waals surface area contributed by atoms with Gasteiger partial charge in [0.05, 0.1) is 13.2 Å². The first-order chi connectivity index (χ1) is 3.84. The van der Waals surface area contributed by atoms with Gasteiger partial charge in [-0.15, -0.1) is 0 Å². The molecule has 0 spiro atoms. The quantitative estimate of drug-likeness (QED) is 0.223. The largest absolute Gasteiger partial charge is 0.194 e. The summed E-state index contributed by atoms with van der Waals surface area (Å²) >= 11 is 1.44. The summed E-state index contributed by atoms with van der Waals surface area (Å²) in [5, 5.41) is 7.11. The molecule has 0 unspecified atom stereocenters. The predicted molar refractivity (Wildman–Crippen MR) is 31.4 cm³/mol. The number of rotatable bonds is 0. The molecule has 0 aromatic carbocycles. The van der Waals surface area contributed by atoms with Crippen LogP contribution in [0.15, 0.2) is 16.8 Å². The van der Waals surface area contributed by atoms with E-state index >= 15 is 0 Å². The molecule has 0 fully saturated rings. The van der Waals surface area contributed by atoms with Crippen LogP contribution in [-0.2, 0) is 0 Å². The van der Waals surface area contributed by atoms with Crippen molar-refractivity contribution in [1.29, 1.82) is 0 Å². The number of nitrogens with two attached hydrogens (primary N) is 1. The van der Waals surface area contributed by atoms with Gasteiger partial charge >= 0.3 is 0 Å². The van der Waals surface area contributed by atoms with Crippen LogP contribution in [0.4, 0.5) is 0 Å². The number of hydrogen-bond acceptors (Lipinski definition) is 2. The van der Waals surface area contributed by atoms with Gasteiger partial charge in [0.25, 0.3) is 0 Å². The minimum absolute atomic E-state index is 1.44. The molecule has 0 bridgehead atoms. The maximum atomic E-state index is 4.97. The van der Waals surface area contributed by atoms with Crippen molar-refractivity contribution in [2.75, 3.05) is 7.05 Å². The SMILES string of the molecule is CN1C=CS[N+]1=NN. The van der Waals surface area contributed by atoms with Crippen LogP contribution in [-0.4, -0.2) is 16.3 Å². The minimum Gasteiger partial charge on any atom is -0.194 e. The van der Waals surface area contributed by atoms with E-state index in [0.29, 0.717) is 0 Å². The van der Waals surface area contributed by atoms with Crippen molar-refractivity contribution in [3.8, 4) is 0 Å². The summed E-state index contributed by atoms with van der Waals surface area (Å²) in [5.74, 6) is 4.97. The lowest BCUT2D eigenvalue weighted by Crippen LogP contribution is -2.16. The third-order valence-electron chi connectivity index (χ3n) is 0.800. The van der Waals surface area contributed by atoms with Gasteiger partial charge in [-0.05, 0) is 0 Å². The zero-order valence-electron chi connectivity index (χ0n) is 4.48. The molecule has 5 heteroatoms. The highest BCUT2D eigenvalue weighted by molar-refractivity contribution is 7.96. The molecule has 4 nitrogen and oxygen atoms in total. The maximum Gasteiger partial charge on any atom is 0.144 e. The fourth-order valence-electron chi connectivity index (χ4n) is 0.410. The molecule has 0 radical (unpaired) electrons. The van der Waals surface area contributed by atoms with E-state index in [2.05, 4.69) is 5.22 Å². The molecule has 44 valence electrons. The molecule has 8 heavy (non-hydrogen) atoms. The van der Waals surface area contributed by atoms with Gasteiger partial charge in [-0.1, -0.05) is 0 Å². The average molecular weight is 131 g/mol. The smallest absolute Gasteiger partial charge is 0.144 e. The Labute approximate surface area is 51.7 Å². The summed E-state index contributed by atoms with van der Waals surface area (Å²) in [6, 6.07) is 0. The highest BCUT2D eigenvalue weighted by atomic mass is 32.2. The van der Waals surface area contributed by atoms with Crippen molar-refractivity contribution in [3.63, 3.8) is 0 Å². The van der Waals surface area contributed by atoms with Gasteiger partial charge in [0.15, 0.2) is 0 Å². The van der Waals surface area contributed by atoms with Crippen LogP contribution in [0.1, 0.15) is 0 Å². The number of hydrogen-bond donors (Lipinski definition) is 1. The second kappa shape index (κ2) is 2.04. The monoisotopic (exact) mass is 131 g/mol. The van der Waals surface area contributed by atoms with Crippen LogP contribution >= 0.6 is 11.9 Å². The Hall–Kier alpha value is -0.710. The van der Waals surface area contributed by atoms with E-state index in [9.17, 15) is 0 Å². The lowest BCUT2D eigenvalue weighted by Gasteiger charge is -1.99. The zero-order valence-corrected chi connectivity index (χ0v) is 5.30. The molecule has 1 aliphatic rings. The topological polar surface area (TPSA) is 44.6 Å². The molecule has 0 amide bonds. The second-order valence-electron chi connectivity index (χ2n) is 1.33. The van der Waals surface area contributed by atoms with Gasteiger partial charge < -0.3 is 0 Å². The fraction of sp³-hybridized carbons (Fsp3) is 0.333. The highest BCUT2D eigenvalue weighted by Crippen LogP contribution is 2.14. The van der Waals surface area contributed by atoms with E-state index in [0.717, 1.165) is 0 Å². The normalized spacial score (nSPS) is 23.1. The van der Waals surface area contributed by atoms with E-state index in [1.54, 1.807) is 9.22 Å². The first-order valence-corrected chi connectivity index (χ1v) is 2.95. The van der Waals surface area contributed by atoms with Crippen LogP contribution in [0.3, 0.4) is 0 Å². The van der Waals surface area contributed by atoms with Crippen LogP contribution in [0.25, 0.3) is 0 Å². The Morgan fingerprint density at radius 1 is 1.88 bits per heavy atom. The lowest BCUT2D eigenvalue weighted by molar-refractivity contribution is -0.582. The summed E-state index contributed by atoms with van der Waals surface area (Å²) in [5.41, 5.74) is 0. The molecule has 1 rings (SSSR count). The Balaban J connectivity index is 2.64. The van der Waals surface area contributed by atoms with Gasteiger partial charge in [-0.25, -0.2) is 0 Å². The predicted octanol–water partition coefficient (Wildman–Crippen LogP) is 0.305. The van der Waals surface area contributed by atoms with Crippen molar-refractivity contribution >= 4 is 11.9 Å². The molecule has 0 atom stereocenters. The first-order valence-electron chi connectivity index (χ1n) is 2.12. The van der Waals surface area contributed by atoms with Crippen molar-refractivity contribution in [1.82, 2.24) is 5.01 Å². The van der Waals surface area contributed by atoms with Crippen molar-refractivity contribution < 1.29 is 4.21 Å². The van der Waals surface area contributed by atoms with Gasteiger partial charge in [0.2, 0.25) is 0 Å². The van der Waals surface area contributed by atoms with Crippen molar-refractivity contribution in [2.24, 2.45) is 11.1 Å². The molecule has 1 aliphatic heterocycles. The van der Waals surface area contributed by atoms with E-state index in [1.807, 2.05) is 18.7 Å². The molecule has 2 N–H and O–H groups in total. The van der Waals surface area contributed by atoms with Crippen LogP contribution < -0.4 is 5.84 Å². The Kier molecular flexibility index (Phi) is 1.38. The molecule has 0 saturated carbocycles. The molecular formula is C3H7N4S+. The Bertz CT molecular complexity index is 140. The van der Waals surface area contributed by atoms with E-state index in [4.69, 9.17) is 5.84 Å². The number of nitrogens with zero attached hydrogens (tertiary/aromatic N) is 3. The second-order valence-corrected chi connectivity index (χ2v) is 2.14. The molecule has 0 aromatic heterocycles. The van der Waals surface area contributed by atoms with Gasteiger partial charge in [0.1, 0.15) is 17.2 Å². The summed E-state index contributed by atoms with van der Waals surface area (Å²) in [4.78, 5) is 0. The zero-order chi connectivity index (χ0) is 5.98. The van der Waals surface area contributed by atoms with Crippen LogP contribution in [0.5, 0.6) is 0 Å². The molecule has 0 saturated heterocycles. The van der Waals surface area contributed by atoms with E-state index < -0.39 is 0 Å². The van der Waals surface area contributed by atoms with Crippen molar-refractivity contribution in [2.45, 2.75) is 0 Å². The third kappa shape index (κ3) is 0.764. The molecular weight excluding hydrogens is 124 g/mol. The van der Waals surface area contributed by atoms with Crippen molar-refractivity contribution in [3.05, 3.63) is 11.6 Å². The Morgan fingerprint density at radius 2 is 2.62 bits per heavy atom. The minimum atomic E-state index is 1.44. The average Bonchev–Trinajstić information content (AvgIpc) is 2.14. The summed E-state index contributed by atoms with van der Waals surface area (Å²) in [6.07, 6.45) is 1.88. The summed E-state index contributed by atoms with van der Waals surface area (Å²) in [7, 11) is 1.87. The first kappa shape index (κ1) is 5.43. The van der Waals surface area contributed by atoms with Gasteiger partial charge in [-0.3, -0.25) is 0 Å². The highest BCUT2D eigenvalue weighted by Gasteiger charge is 2.10. The Morgan fingerprint density at radius 3 is 2.88 bits per heavy atom. The van der Waals surface area contributed by atoms with Crippen LogP contribution in [0, 0.1) is 0 Å². The molecule has 0 aliphatic carbocycles. The van der Waals surface area contributed by atoms with E-state index in [-0.39, 0.29) is 0 Å². The molecule has 0 aromatic rings. The fourth-order valence-corrected chi connectivity index (χ4v) is 1.01. The van der Waals surface area contributed by atoms with Gasteiger partial charge in [-0.2, -0.15) is 10.9 Å². The number of hydrazine groups is 1. The van der Waals surface area contributed by atoms with Gasteiger partial charge in [0, 0.05) is 9.62 Å². The van der Waals surface area contributed by atoms with E-state index in [1.165, 1.54) is 11.9 Å². The third-order valence-corrected chi connectivity index (χ3v) is 1.58. The molecule has 1 heterocycles. The summed E-state index contributed by atoms with van der Waals surface area (Å²) in [6.45, 7) is 0. The summed E-state index contributed by atoms with van der Waals surface area (Å²) < 4.78 is 1.57. The lowest BCUT2D eigenvalue weighted by atomic mass is 11.0. The maximum absolute atomic E-state index is 4.97.